The Hall–Kier alpha value is -2.34. The van der Waals surface area contributed by atoms with Gasteiger partial charge in [0.25, 0.3) is 0 Å². The largest absolute Gasteiger partial charge is 0.0763 e. The van der Waals surface area contributed by atoms with E-state index >= 15 is 0 Å². The molecule has 4 aromatic carbocycles. The van der Waals surface area contributed by atoms with Gasteiger partial charge >= 0.3 is 0 Å². The summed E-state index contributed by atoms with van der Waals surface area (Å²) >= 11 is 0. The Labute approximate surface area is 117 Å². The number of rotatable bonds is 0. The van der Waals surface area contributed by atoms with Crippen LogP contribution in [0.25, 0.3) is 38.4 Å². The molecule has 94 valence electrons. The molecule has 0 unspecified atom stereocenters. The molecule has 0 nitrogen and oxygen atoms in total. The van der Waals surface area contributed by atoms with Gasteiger partial charge in [-0.1, -0.05) is 60.7 Å². The molecule has 0 atom stereocenters. The first kappa shape index (κ1) is 10.4. The maximum atomic E-state index is 2.39. The van der Waals surface area contributed by atoms with Crippen molar-refractivity contribution in [1.29, 1.82) is 0 Å². The minimum absolute atomic E-state index is 1.16. The zero-order valence-electron chi connectivity index (χ0n) is 11.2. The molecule has 0 N–H and O–H groups in total. The molecule has 0 heteroatoms. The number of hydrogen-bond acceptors (Lipinski definition) is 0. The third-order valence-electron chi connectivity index (χ3n) is 4.68. The van der Waals surface area contributed by atoms with Crippen LogP contribution < -0.4 is 5.22 Å². The maximum absolute atomic E-state index is 2.39. The lowest BCUT2D eigenvalue weighted by molar-refractivity contribution is 1.05. The van der Waals surface area contributed by atoms with Crippen LogP contribution in [-0.2, 0) is 6.42 Å². The minimum atomic E-state index is 1.16. The molecule has 0 bridgehead atoms. The van der Waals surface area contributed by atoms with Crippen LogP contribution in [0.15, 0.2) is 54.6 Å². The molecule has 0 aromatic heterocycles. The summed E-state index contributed by atoms with van der Waals surface area (Å²) in [6.07, 6.45) is 4.71. The lowest BCUT2D eigenvalue weighted by Gasteiger charge is -2.18. The fraction of sp³-hybridized carbons (Fsp3) is 0.100. The molecule has 5 rings (SSSR count). The topological polar surface area (TPSA) is 0 Å². The summed E-state index contributed by atoms with van der Waals surface area (Å²) in [6.45, 7) is 0. The van der Waals surface area contributed by atoms with E-state index in [-0.39, 0.29) is 0 Å². The molecule has 1 aliphatic carbocycles. The van der Waals surface area contributed by atoms with Gasteiger partial charge in [-0.2, -0.15) is 0 Å². The molecule has 0 spiro atoms. The molecule has 4 aromatic rings. The Morgan fingerprint density at radius 3 is 2.20 bits per heavy atom. The highest BCUT2D eigenvalue weighted by Gasteiger charge is 2.14. The Bertz CT molecular complexity index is 1030. The molecule has 0 fully saturated rings. The first-order valence-electron chi connectivity index (χ1n) is 7.28. The molecule has 0 amide bonds. The van der Waals surface area contributed by atoms with Crippen LogP contribution >= 0.6 is 0 Å². The average Bonchev–Trinajstić information content (AvgIpc) is 2.52. The molecule has 1 aliphatic rings. The van der Waals surface area contributed by atoms with Crippen LogP contribution in [0.4, 0.5) is 0 Å². The minimum Gasteiger partial charge on any atom is -0.0763 e. The van der Waals surface area contributed by atoms with Gasteiger partial charge in [0.05, 0.1) is 0 Å². The predicted molar refractivity (Wildman–Crippen MR) is 87.0 cm³/mol. The van der Waals surface area contributed by atoms with Gasteiger partial charge < -0.3 is 0 Å². The van der Waals surface area contributed by atoms with Gasteiger partial charge in [0, 0.05) is 0 Å². The van der Waals surface area contributed by atoms with Gasteiger partial charge in [0.15, 0.2) is 0 Å². The van der Waals surface area contributed by atoms with Gasteiger partial charge in [0.2, 0.25) is 0 Å². The van der Waals surface area contributed by atoms with Gasteiger partial charge in [-0.05, 0) is 55.9 Å². The van der Waals surface area contributed by atoms with E-state index in [4.69, 9.17) is 0 Å². The van der Waals surface area contributed by atoms with Crippen molar-refractivity contribution in [3.63, 3.8) is 0 Å². The van der Waals surface area contributed by atoms with Crippen molar-refractivity contribution in [1.82, 2.24) is 0 Å². The standard InChI is InChI=1S/C20H14/c1-5-13-6-2-11-17-18-12-4-8-14-7-3-10-16(20(14)18)15(9-1)19(13)17/h1-3,5-11H,4,12H2. The van der Waals surface area contributed by atoms with Gasteiger partial charge in [-0.25, -0.2) is 0 Å². The van der Waals surface area contributed by atoms with E-state index in [1.54, 1.807) is 5.56 Å². The quantitative estimate of drug-likeness (QED) is 0.318. The fourth-order valence-electron chi connectivity index (χ4n) is 3.88. The summed E-state index contributed by atoms with van der Waals surface area (Å²) in [5.41, 5.74) is 1.54. The Morgan fingerprint density at radius 2 is 1.35 bits per heavy atom. The summed E-state index contributed by atoms with van der Waals surface area (Å²) in [5, 5.41) is 9.95. The summed E-state index contributed by atoms with van der Waals surface area (Å²) in [5.74, 6) is 0. The highest BCUT2D eigenvalue weighted by atomic mass is 14.2. The summed E-state index contributed by atoms with van der Waals surface area (Å²) in [4.78, 5) is 0. The maximum Gasteiger partial charge on any atom is -0.00296 e. The van der Waals surface area contributed by atoms with Crippen LogP contribution in [0.5, 0.6) is 0 Å². The first-order chi connectivity index (χ1) is 9.93. The van der Waals surface area contributed by atoms with Crippen molar-refractivity contribution in [2.24, 2.45) is 0 Å². The normalized spacial score (nSPS) is 14.0. The Morgan fingerprint density at radius 1 is 0.650 bits per heavy atom. The van der Waals surface area contributed by atoms with Crippen LogP contribution in [-0.4, -0.2) is 0 Å². The van der Waals surface area contributed by atoms with E-state index in [1.165, 1.54) is 37.5 Å². The van der Waals surface area contributed by atoms with Crippen LogP contribution in [0, 0.1) is 0 Å². The Balaban J connectivity index is 2.27. The second kappa shape index (κ2) is 3.61. The zero-order valence-corrected chi connectivity index (χ0v) is 11.2. The van der Waals surface area contributed by atoms with E-state index in [2.05, 4.69) is 60.7 Å². The molecule has 0 aliphatic heterocycles. The Kier molecular flexibility index (Phi) is 1.88. The summed E-state index contributed by atoms with van der Waals surface area (Å²) in [6, 6.07) is 20.1. The van der Waals surface area contributed by atoms with E-state index in [0.717, 1.165) is 12.8 Å². The van der Waals surface area contributed by atoms with Gasteiger partial charge in [0.1, 0.15) is 0 Å². The lowest BCUT2D eigenvalue weighted by Crippen LogP contribution is -2.10. The van der Waals surface area contributed by atoms with E-state index in [1.807, 2.05) is 0 Å². The number of aryl methyl sites for hydroxylation is 1. The van der Waals surface area contributed by atoms with Crippen molar-refractivity contribution < 1.29 is 0 Å². The highest BCUT2D eigenvalue weighted by Crippen LogP contribution is 2.37. The van der Waals surface area contributed by atoms with Crippen LogP contribution in [0.2, 0.25) is 0 Å². The molecule has 0 saturated heterocycles. The predicted octanol–water partition coefficient (Wildman–Crippen LogP) is 4.59. The van der Waals surface area contributed by atoms with E-state index in [9.17, 15) is 0 Å². The monoisotopic (exact) mass is 254 g/mol. The van der Waals surface area contributed by atoms with E-state index < -0.39 is 0 Å². The molecule has 0 heterocycles. The fourth-order valence-corrected chi connectivity index (χ4v) is 3.88. The van der Waals surface area contributed by atoms with Gasteiger partial charge in [-0.3, -0.25) is 0 Å². The van der Waals surface area contributed by atoms with Crippen molar-refractivity contribution in [2.75, 3.05) is 0 Å². The van der Waals surface area contributed by atoms with Gasteiger partial charge in [-0.15, -0.1) is 0 Å². The second-order valence-corrected chi connectivity index (χ2v) is 5.70. The molecule has 0 saturated carbocycles. The zero-order chi connectivity index (χ0) is 13.1. The first-order valence-corrected chi connectivity index (χ1v) is 7.28. The highest BCUT2D eigenvalue weighted by molar-refractivity contribution is 6.23. The van der Waals surface area contributed by atoms with Crippen LogP contribution in [0.3, 0.4) is 0 Å². The SMILES string of the molecule is C1=c2cccc3c2c(c2cccc4cccc3c42)CC1. The molecular weight excluding hydrogens is 240 g/mol. The van der Waals surface area contributed by atoms with Crippen molar-refractivity contribution >= 4 is 38.4 Å². The third-order valence-corrected chi connectivity index (χ3v) is 4.68. The lowest BCUT2D eigenvalue weighted by atomic mass is 9.86. The third kappa shape index (κ3) is 1.17. The smallest absolute Gasteiger partial charge is 0.00296 e. The average molecular weight is 254 g/mol. The number of benzene rings is 4. The summed E-state index contributed by atoms with van der Waals surface area (Å²) in [7, 11) is 0. The van der Waals surface area contributed by atoms with Crippen molar-refractivity contribution in [3.8, 4) is 0 Å². The van der Waals surface area contributed by atoms with E-state index in [0.29, 0.717) is 0 Å². The van der Waals surface area contributed by atoms with Crippen LogP contribution in [0.1, 0.15) is 12.0 Å². The molecular formula is C20H14. The number of fused-ring (bicyclic) bond motifs is 2. The molecule has 0 radical (unpaired) electrons. The van der Waals surface area contributed by atoms with Crippen molar-refractivity contribution in [2.45, 2.75) is 12.8 Å². The van der Waals surface area contributed by atoms with Crippen molar-refractivity contribution in [3.05, 3.63) is 65.4 Å². The summed E-state index contributed by atoms with van der Waals surface area (Å²) < 4.78 is 0. The molecule has 20 heavy (non-hydrogen) atoms. The number of hydrogen-bond donors (Lipinski definition) is 0. The second-order valence-electron chi connectivity index (χ2n) is 5.70.